The molecule has 0 radical (unpaired) electrons. The first-order valence-corrected chi connectivity index (χ1v) is 11.5. The van der Waals surface area contributed by atoms with E-state index in [1.54, 1.807) is 0 Å². The predicted molar refractivity (Wildman–Crippen MR) is 117 cm³/mol. The number of nitrogens with one attached hydrogen (secondary N) is 1. The highest BCUT2D eigenvalue weighted by Gasteiger charge is 2.26. The molecular weight excluding hydrogens is 400 g/mol. The zero-order valence-electron chi connectivity index (χ0n) is 17.3. The maximum atomic E-state index is 12.7. The van der Waals surface area contributed by atoms with E-state index in [2.05, 4.69) is 15.2 Å². The number of carbonyl (C=O) groups is 2. The molecule has 160 valence electrons. The molecule has 4 rings (SSSR count). The summed E-state index contributed by atoms with van der Waals surface area (Å²) >= 11 is 1.53. The quantitative estimate of drug-likeness (QED) is 0.698. The summed E-state index contributed by atoms with van der Waals surface area (Å²) in [7, 11) is 0. The van der Waals surface area contributed by atoms with Crippen LogP contribution in [0.3, 0.4) is 0 Å². The number of ether oxygens (including phenoxy) is 1. The number of thiazole rings is 1. The van der Waals surface area contributed by atoms with E-state index in [1.807, 2.05) is 41.5 Å². The van der Waals surface area contributed by atoms with E-state index in [0.717, 1.165) is 47.9 Å². The highest BCUT2D eigenvalue weighted by molar-refractivity contribution is 7.13. The minimum Gasteiger partial charge on any atom is -0.493 e. The number of aromatic nitrogens is 1. The molecule has 0 atom stereocenters. The monoisotopic (exact) mass is 428 g/mol. The molecule has 8 heteroatoms. The number of para-hydroxylation sites is 1. The van der Waals surface area contributed by atoms with Gasteiger partial charge in [0, 0.05) is 37.6 Å². The summed E-state index contributed by atoms with van der Waals surface area (Å²) in [6.45, 7) is 5.75. The van der Waals surface area contributed by atoms with Crippen molar-refractivity contribution in [1.29, 1.82) is 0 Å². The summed E-state index contributed by atoms with van der Waals surface area (Å²) in [6, 6.07) is 8.24. The fourth-order valence-corrected chi connectivity index (χ4v) is 4.41. The van der Waals surface area contributed by atoms with Crippen LogP contribution < -0.4 is 10.1 Å². The van der Waals surface area contributed by atoms with Crippen molar-refractivity contribution >= 4 is 23.2 Å². The molecule has 2 amide bonds. The maximum Gasteiger partial charge on any atom is 0.234 e. The SMILES string of the molecule is CCOc1ccccc1-c1nc(CC(=O)N2CCN(CC(=O)NC3CC3)CC2)cs1. The Kier molecular flexibility index (Phi) is 6.64. The molecule has 1 N–H and O–H groups in total. The smallest absolute Gasteiger partial charge is 0.234 e. The van der Waals surface area contributed by atoms with Gasteiger partial charge in [-0.15, -0.1) is 11.3 Å². The van der Waals surface area contributed by atoms with Crippen LogP contribution in [0.1, 0.15) is 25.5 Å². The Morgan fingerprint density at radius 2 is 1.97 bits per heavy atom. The number of hydrogen-bond acceptors (Lipinski definition) is 6. The fourth-order valence-electron chi connectivity index (χ4n) is 3.56. The highest BCUT2D eigenvalue weighted by atomic mass is 32.1. The van der Waals surface area contributed by atoms with Crippen molar-refractivity contribution in [3.8, 4) is 16.3 Å². The van der Waals surface area contributed by atoms with Gasteiger partial charge in [0.1, 0.15) is 10.8 Å². The van der Waals surface area contributed by atoms with Crippen molar-refractivity contribution in [2.75, 3.05) is 39.3 Å². The lowest BCUT2D eigenvalue weighted by Crippen LogP contribution is -2.51. The van der Waals surface area contributed by atoms with Gasteiger partial charge in [0.05, 0.1) is 30.8 Å². The van der Waals surface area contributed by atoms with Gasteiger partial charge in [0.15, 0.2) is 0 Å². The number of piperazine rings is 1. The van der Waals surface area contributed by atoms with Gasteiger partial charge in [-0.05, 0) is 31.9 Å². The second-order valence-corrected chi connectivity index (χ2v) is 8.61. The van der Waals surface area contributed by atoms with E-state index in [9.17, 15) is 9.59 Å². The van der Waals surface area contributed by atoms with Gasteiger partial charge in [-0.2, -0.15) is 0 Å². The Hall–Kier alpha value is -2.45. The van der Waals surface area contributed by atoms with E-state index >= 15 is 0 Å². The lowest BCUT2D eigenvalue weighted by molar-refractivity contribution is -0.132. The van der Waals surface area contributed by atoms with Crippen LogP contribution in [0, 0.1) is 0 Å². The van der Waals surface area contributed by atoms with Gasteiger partial charge in [-0.3, -0.25) is 14.5 Å². The Bertz CT molecular complexity index is 888. The van der Waals surface area contributed by atoms with Crippen molar-refractivity contribution < 1.29 is 14.3 Å². The first-order chi connectivity index (χ1) is 14.6. The molecule has 1 aromatic heterocycles. The largest absolute Gasteiger partial charge is 0.493 e. The number of nitrogens with zero attached hydrogens (tertiary/aromatic N) is 3. The van der Waals surface area contributed by atoms with Crippen molar-refractivity contribution in [1.82, 2.24) is 20.1 Å². The van der Waals surface area contributed by atoms with Crippen LogP contribution in [-0.4, -0.2) is 72.0 Å². The summed E-state index contributed by atoms with van der Waals surface area (Å²) in [5.41, 5.74) is 1.75. The van der Waals surface area contributed by atoms with Crippen molar-refractivity contribution in [3.63, 3.8) is 0 Å². The van der Waals surface area contributed by atoms with Gasteiger partial charge < -0.3 is 15.0 Å². The Balaban J connectivity index is 1.28. The third-order valence-corrected chi connectivity index (χ3v) is 6.26. The fraction of sp³-hybridized carbons (Fsp3) is 0.500. The second-order valence-electron chi connectivity index (χ2n) is 7.75. The lowest BCUT2D eigenvalue weighted by Gasteiger charge is -2.34. The first kappa shape index (κ1) is 20.8. The topological polar surface area (TPSA) is 74.8 Å². The van der Waals surface area contributed by atoms with Crippen LogP contribution >= 0.6 is 11.3 Å². The van der Waals surface area contributed by atoms with Crippen LogP contribution in [0.5, 0.6) is 5.75 Å². The molecule has 0 spiro atoms. The Labute approximate surface area is 181 Å². The third kappa shape index (κ3) is 5.37. The Morgan fingerprint density at radius 1 is 1.20 bits per heavy atom. The normalized spacial score (nSPS) is 17.0. The zero-order valence-corrected chi connectivity index (χ0v) is 18.1. The number of rotatable bonds is 8. The molecule has 1 saturated carbocycles. The van der Waals surface area contributed by atoms with Gasteiger partial charge in [0.2, 0.25) is 11.8 Å². The van der Waals surface area contributed by atoms with E-state index in [4.69, 9.17) is 4.74 Å². The molecule has 2 aromatic rings. The second kappa shape index (κ2) is 9.57. The molecule has 1 saturated heterocycles. The summed E-state index contributed by atoms with van der Waals surface area (Å²) in [6.07, 6.45) is 2.50. The number of amides is 2. The van der Waals surface area contributed by atoms with Crippen molar-refractivity contribution in [2.45, 2.75) is 32.2 Å². The van der Waals surface area contributed by atoms with Gasteiger partial charge >= 0.3 is 0 Å². The predicted octanol–water partition coefficient (Wildman–Crippen LogP) is 2.17. The van der Waals surface area contributed by atoms with Crippen LogP contribution in [0.4, 0.5) is 0 Å². The standard InChI is InChI=1S/C22H28N4O3S/c1-2-29-19-6-4-3-5-18(19)22-24-17(15-30-22)13-21(28)26-11-9-25(10-12-26)14-20(27)23-16-7-8-16/h3-6,15-16H,2,7-14H2,1H3,(H,23,27). The number of benzene rings is 1. The van der Waals surface area contributed by atoms with Gasteiger partial charge in [0.25, 0.3) is 0 Å². The van der Waals surface area contributed by atoms with Gasteiger partial charge in [-0.25, -0.2) is 4.98 Å². The van der Waals surface area contributed by atoms with Crippen molar-refractivity contribution in [2.24, 2.45) is 0 Å². The molecule has 2 heterocycles. The molecule has 0 unspecified atom stereocenters. The Morgan fingerprint density at radius 3 is 2.70 bits per heavy atom. The van der Waals surface area contributed by atoms with Crippen LogP contribution in [0.2, 0.25) is 0 Å². The zero-order chi connectivity index (χ0) is 20.9. The molecule has 1 aliphatic heterocycles. The first-order valence-electron chi connectivity index (χ1n) is 10.6. The molecule has 0 bridgehead atoms. The number of hydrogen-bond donors (Lipinski definition) is 1. The molecule has 1 aliphatic carbocycles. The molecule has 2 aliphatic rings. The highest BCUT2D eigenvalue weighted by Crippen LogP contribution is 2.32. The van der Waals surface area contributed by atoms with Gasteiger partial charge in [-0.1, -0.05) is 12.1 Å². The molecule has 30 heavy (non-hydrogen) atoms. The summed E-state index contributed by atoms with van der Waals surface area (Å²) in [5.74, 6) is 1.00. The lowest BCUT2D eigenvalue weighted by atomic mass is 10.2. The average molecular weight is 429 g/mol. The average Bonchev–Trinajstić information content (AvgIpc) is 3.44. The van der Waals surface area contributed by atoms with E-state index < -0.39 is 0 Å². The minimum absolute atomic E-state index is 0.0898. The van der Waals surface area contributed by atoms with E-state index in [0.29, 0.717) is 38.7 Å². The maximum absolute atomic E-state index is 12.7. The molecule has 2 fully saturated rings. The van der Waals surface area contributed by atoms with E-state index in [-0.39, 0.29) is 11.8 Å². The summed E-state index contributed by atoms with van der Waals surface area (Å²) < 4.78 is 5.70. The van der Waals surface area contributed by atoms with Crippen LogP contribution in [-0.2, 0) is 16.0 Å². The van der Waals surface area contributed by atoms with Crippen LogP contribution in [0.15, 0.2) is 29.6 Å². The molecule has 7 nitrogen and oxygen atoms in total. The summed E-state index contributed by atoms with van der Waals surface area (Å²) in [5, 5.41) is 5.84. The van der Waals surface area contributed by atoms with Crippen LogP contribution in [0.25, 0.3) is 10.6 Å². The van der Waals surface area contributed by atoms with Crippen molar-refractivity contribution in [3.05, 3.63) is 35.3 Å². The molecule has 1 aromatic carbocycles. The number of carbonyl (C=O) groups excluding carboxylic acids is 2. The third-order valence-electron chi connectivity index (χ3n) is 5.34. The minimum atomic E-state index is 0.0898. The summed E-state index contributed by atoms with van der Waals surface area (Å²) in [4.78, 5) is 33.4. The van der Waals surface area contributed by atoms with E-state index in [1.165, 1.54) is 11.3 Å². The molecular formula is C22H28N4O3S.